The van der Waals surface area contributed by atoms with Gasteiger partial charge in [-0.25, -0.2) is 9.97 Å². The van der Waals surface area contributed by atoms with Crippen LogP contribution in [0.3, 0.4) is 0 Å². The zero-order valence-electron chi connectivity index (χ0n) is 26.2. The van der Waals surface area contributed by atoms with Crippen LogP contribution in [0.15, 0.2) is 49.0 Å². The molecule has 40 heavy (non-hydrogen) atoms. The summed E-state index contributed by atoms with van der Waals surface area (Å²) in [6.07, 6.45) is 39.1. The molecule has 0 aliphatic carbocycles. The molecule has 224 valence electrons. The fraction of sp³-hybridized carbons (Fsp3) is 0.676. The molecule has 0 saturated carbocycles. The van der Waals surface area contributed by atoms with Crippen LogP contribution in [0.2, 0.25) is 0 Å². The molecule has 1 heterocycles. The summed E-state index contributed by atoms with van der Waals surface area (Å²) >= 11 is 0. The van der Waals surface area contributed by atoms with Gasteiger partial charge in [0.15, 0.2) is 5.82 Å². The summed E-state index contributed by atoms with van der Waals surface area (Å²) in [4.78, 5) is 9.20. The number of benzene rings is 1. The monoisotopic (exact) mass is 548 g/mol. The normalized spacial score (nSPS) is 11.4. The molecule has 0 radical (unpaired) electrons. The fourth-order valence-corrected chi connectivity index (χ4v) is 5.25. The van der Waals surface area contributed by atoms with E-state index < -0.39 is 0 Å². The Hall–Kier alpha value is -2.16. The van der Waals surface area contributed by atoms with Gasteiger partial charge in [-0.05, 0) is 61.6 Å². The quantitative estimate of drug-likeness (QED) is 0.0866. The maximum absolute atomic E-state index is 5.80. The molecule has 0 N–H and O–H groups in total. The standard InChI is InChI=1S/C37H60N2O/c1-3-5-7-9-11-12-13-14-15-16-17-18-19-21-23-25-31-40-36-29-27-35(28-30-36)37-38-32-34(33-39-37)26-24-22-20-10-8-6-4-2/h25,27-33H,3-24,26H2,1-2H3. The number of aromatic nitrogens is 2. The second kappa shape index (κ2) is 24.6. The molecule has 3 heteroatoms. The minimum atomic E-state index is 0.781. The van der Waals surface area contributed by atoms with Gasteiger partial charge in [0.05, 0.1) is 6.26 Å². The number of hydrogen-bond acceptors (Lipinski definition) is 3. The summed E-state index contributed by atoms with van der Waals surface area (Å²) in [5.74, 6) is 1.64. The molecule has 0 fully saturated rings. The molecule has 1 aromatic carbocycles. The first-order valence-electron chi connectivity index (χ1n) is 17.1. The third kappa shape index (κ3) is 17.5. The smallest absolute Gasteiger partial charge is 0.159 e. The van der Waals surface area contributed by atoms with E-state index in [9.17, 15) is 0 Å². The Morgan fingerprint density at radius 1 is 0.550 bits per heavy atom. The summed E-state index contributed by atoms with van der Waals surface area (Å²) in [7, 11) is 0. The van der Waals surface area contributed by atoms with Crippen LogP contribution >= 0.6 is 0 Å². The Balaban J connectivity index is 1.47. The lowest BCUT2D eigenvalue weighted by Gasteiger charge is -2.05. The molecular formula is C37H60N2O. The lowest BCUT2D eigenvalue weighted by Crippen LogP contribution is -1.93. The first-order chi connectivity index (χ1) is 19.8. The van der Waals surface area contributed by atoms with E-state index in [1.807, 2.05) is 42.9 Å². The minimum Gasteiger partial charge on any atom is -0.465 e. The lowest BCUT2D eigenvalue weighted by atomic mass is 10.0. The van der Waals surface area contributed by atoms with Crippen LogP contribution in [0.4, 0.5) is 0 Å². The van der Waals surface area contributed by atoms with Crippen molar-refractivity contribution in [3.05, 3.63) is 54.6 Å². The average Bonchev–Trinajstić information content (AvgIpc) is 2.99. The highest BCUT2D eigenvalue weighted by Gasteiger charge is 2.03. The van der Waals surface area contributed by atoms with Gasteiger partial charge in [0.2, 0.25) is 0 Å². The second-order valence-corrected chi connectivity index (χ2v) is 11.7. The van der Waals surface area contributed by atoms with Crippen molar-refractivity contribution < 1.29 is 4.74 Å². The Kier molecular flexibility index (Phi) is 21.0. The number of hydrogen-bond donors (Lipinski definition) is 0. The van der Waals surface area contributed by atoms with Gasteiger partial charge in [0.1, 0.15) is 5.75 Å². The number of aryl methyl sites for hydroxylation is 1. The molecule has 0 atom stereocenters. The Morgan fingerprint density at radius 3 is 1.50 bits per heavy atom. The van der Waals surface area contributed by atoms with Crippen molar-refractivity contribution in [3.63, 3.8) is 0 Å². The third-order valence-electron chi connectivity index (χ3n) is 7.91. The summed E-state index contributed by atoms with van der Waals surface area (Å²) in [5, 5.41) is 0. The number of allylic oxidation sites excluding steroid dienone is 1. The van der Waals surface area contributed by atoms with Crippen LogP contribution in [0, 0.1) is 0 Å². The van der Waals surface area contributed by atoms with Gasteiger partial charge >= 0.3 is 0 Å². The van der Waals surface area contributed by atoms with Crippen LogP contribution < -0.4 is 4.74 Å². The van der Waals surface area contributed by atoms with E-state index in [4.69, 9.17) is 4.74 Å². The fourth-order valence-electron chi connectivity index (χ4n) is 5.25. The Labute approximate surface area is 247 Å². The van der Waals surface area contributed by atoms with Crippen molar-refractivity contribution in [1.29, 1.82) is 0 Å². The van der Waals surface area contributed by atoms with E-state index >= 15 is 0 Å². The summed E-state index contributed by atoms with van der Waals surface area (Å²) < 4.78 is 5.80. The largest absolute Gasteiger partial charge is 0.465 e. The maximum atomic E-state index is 5.80. The first kappa shape index (κ1) is 34.0. The molecule has 2 rings (SSSR count). The number of ether oxygens (including phenoxy) is 1. The summed E-state index contributed by atoms with van der Waals surface area (Å²) in [5.41, 5.74) is 2.27. The highest BCUT2D eigenvalue weighted by Crippen LogP contribution is 2.20. The van der Waals surface area contributed by atoms with E-state index in [1.165, 1.54) is 140 Å². The molecular weight excluding hydrogens is 488 g/mol. The minimum absolute atomic E-state index is 0.781. The SMILES string of the molecule is CCCCCCCCCCCCCCCCC=COc1ccc(-c2ncc(CCCCCCCCC)cn2)cc1. The molecule has 0 unspecified atom stereocenters. The molecule has 0 spiro atoms. The predicted octanol–water partition coefficient (Wildman–Crippen LogP) is 12.2. The van der Waals surface area contributed by atoms with E-state index in [0.717, 1.165) is 30.0 Å². The van der Waals surface area contributed by atoms with Gasteiger partial charge in [-0.3, -0.25) is 0 Å². The van der Waals surface area contributed by atoms with Crippen molar-refractivity contribution in [2.45, 2.75) is 162 Å². The maximum Gasteiger partial charge on any atom is 0.159 e. The molecule has 0 amide bonds. The van der Waals surface area contributed by atoms with Gasteiger partial charge in [-0.1, -0.05) is 136 Å². The summed E-state index contributed by atoms with van der Waals surface area (Å²) in [6.45, 7) is 4.56. The van der Waals surface area contributed by atoms with Crippen molar-refractivity contribution >= 4 is 0 Å². The predicted molar refractivity (Wildman–Crippen MR) is 174 cm³/mol. The molecule has 0 aliphatic rings. The Morgan fingerprint density at radius 2 is 1.00 bits per heavy atom. The summed E-state index contributed by atoms with van der Waals surface area (Å²) in [6, 6.07) is 8.09. The zero-order chi connectivity index (χ0) is 28.4. The number of rotatable bonds is 26. The average molecular weight is 549 g/mol. The molecule has 0 aliphatic heterocycles. The van der Waals surface area contributed by atoms with Gasteiger partial charge < -0.3 is 4.74 Å². The second-order valence-electron chi connectivity index (χ2n) is 11.7. The van der Waals surface area contributed by atoms with Gasteiger partial charge in [0.25, 0.3) is 0 Å². The van der Waals surface area contributed by atoms with Crippen LogP contribution in [0.25, 0.3) is 11.4 Å². The number of unbranched alkanes of at least 4 members (excludes halogenated alkanes) is 20. The van der Waals surface area contributed by atoms with Gasteiger partial charge in [-0.2, -0.15) is 0 Å². The van der Waals surface area contributed by atoms with E-state index in [-0.39, 0.29) is 0 Å². The molecule has 2 aromatic rings. The van der Waals surface area contributed by atoms with Crippen molar-refractivity contribution in [1.82, 2.24) is 9.97 Å². The van der Waals surface area contributed by atoms with Crippen LogP contribution in [0.5, 0.6) is 5.75 Å². The Bertz CT molecular complexity index is 843. The topological polar surface area (TPSA) is 35.0 Å². The van der Waals surface area contributed by atoms with Crippen LogP contribution in [-0.2, 0) is 6.42 Å². The molecule has 1 aromatic heterocycles. The van der Waals surface area contributed by atoms with E-state index in [0.29, 0.717) is 0 Å². The van der Waals surface area contributed by atoms with E-state index in [2.05, 4.69) is 29.9 Å². The third-order valence-corrected chi connectivity index (χ3v) is 7.91. The van der Waals surface area contributed by atoms with E-state index in [1.54, 1.807) is 0 Å². The first-order valence-corrected chi connectivity index (χ1v) is 17.1. The van der Waals surface area contributed by atoms with Crippen LogP contribution in [-0.4, -0.2) is 9.97 Å². The highest BCUT2D eigenvalue weighted by atomic mass is 16.5. The molecule has 0 saturated heterocycles. The zero-order valence-corrected chi connectivity index (χ0v) is 26.2. The lowest BCUT2D eigenvalue weighted by molar-refractivity contribution is 0.477. The van der Waals surface area contributed by atoms with Gasteiger partial charge in [0, 0.05) is 18.0 Å². The molecule has 3 nitrogen and oxygen atoms in total. The van der Waals surface area contributed by atoms with Gasteiger partial charge in [-0.15, -0.1) is 0 Å². The van der Waals surface area contributed by atoms with Crippen molar-refractivity contribution in [3.8, 4) is 17.1 Å². The molecule has 0 bridgehead atoms. The highest BCUT2D eigenvalue weighted by molar-refractivity contribution is 5.55. The van der Waals surface area contributed by atoms with Crippen molar-refractivity contribution in [2.24, 2.45) is 0 Å². The van der Waals surface area contributed by atoms with Crippen molar-refractivity contribution in [2.75, 3.05) is 0 Å². The van der Waals surface area contributed by atoms with Crippen LogP contribution in [0.1, 0.15) is 161 Å². The number of nitrogens with zero attached hydrogens (tertiary/aromatic N) is 2.